The zero-order valence-electron chi connectivity index (χ0n) is 12.3. The van der Waals surface area contributed by atoms with Gasteiger partial charge in [-0.25, -0.2) is 0 Å². The lowest BCUT2D eigenvalue weighted by Crippen LogP contribution is -2.47. The molecular formula is C15H26F3NO. The molecule has 0 radical (unpaired) electrons. The zero-order chi connectivity index (χ0) is 14.6. The third kappa shape index (κ3) is 4.35. The van der Waals surface area contributed by atoms with Crippen LogP contribution in [0.1, 0.15) is 57.8 Å². The third-order valence-corrected chi connectivity index (χ3v) is 4.97. The molecule has 1 saturated heterocycles. The Morgan fingerprint density at radius 3 is 2.55 bits per heavy atom. The van der Waals surface area contributed by atoms with Gasteiger partial charge in [0.2, 0.25) is 0 Å². The smallest absolute Gasteiger partial charge is 0.375 e. The molecule has 0 aromatic heterocycles. The summed E-state index contributed by atoms with van der Waals surface area (Å²) in [6, 6.07) is -0.0423. The summed E-state index contributed by atoms with van der Waals surface area (Å²) in [6.07, 6.45) is 3.06. The SMILES string of the molecule is CNC(CCC(F)(F)F)C1CCOC2(CCCCC2)C1. The van der Waals surface area contributed by atoms with Crippen LogP contribution in [0.25, 0.3) is 0 Å². The van der Waals surface area contributed by atoms with Crippen molar-refractivity contribution >= 4 is 0 Å². The maximum atomic E-state index is 12.4. The van der Waals surface area contributed by atoms with Gasteiger partial charge in [-0.05, 0) is 45.1 Å². The van der Waals surface area contributed by atoms with Gasteiger partial charge in [-0.2, -0.15) is 13.2 Å². The molecule has 2 aliphatic rings. The van der Waals surface area contributed by atoms with E-state index in [4.69, 9.17) is 4.74 Å². The van der Waals surface area contributed by atoms with Crippen LogP contribution in [0.5, 0.6) is 0 Å². The molecule has 0 bridgehead atoms. The van der Waals surface area contributed by atoms with E-state index in [1.807, 2.05) is 0 Å². The molecule has 5 heteroatoms. The summed E-state index contributed by atoms with van der Waals surface area (Å²) in [5, 5.41) is 3.11. The largest absolute Gasteiger partial charge is 0.389 e. The van der Waals surface area contributed by atoms with Crippen LogP contribution in [0.3, 0.4) is 0 Å². The summed E-state index contributed by atoms with van der Waals surface area (Å²) in [6.45, 7) is 0.703. The second-order valence-corrected chi connectivity index (χ2v) is 6.39. The lowest BCUT2D eigenvalue weighted by Gasteiger charge is -2.45. The van der Waals surface area contributed by atoms with Gasteiger partial charge >= 0.3 is 6.18 Å². The van der Waals surface area contributed by atoms with Gasteiger partial charge < -0.3 is 10.1 Å². The summed E-state index contributed by atoms with van der Waals surface area (Å²) in [5.74, 6) is 0.314. The molecule has 1 N–H and O–H groups in total. The maximum Gasteiger partial charge on any atom is 0.389 e. The van der Waals surface area contributed by atoms with Crippen LogP contribution in [0.15, 0.2) is 0 Å². The third-order valence-electron chi connectivity index (χ3n) is 4.97. The first kappa shape index (κ1) is 16.1. The van der Waals surface area contributed by atoms with Crippen LogP contribution >= 0.6 is 0 Å². The van der Waals surface area contributed by atoms with Gasteiger partial charge in [0.25, 0.3) is 0 Å². The molecule has 1 heterocycles. The predicted octanol–water partition coefficient (Wildman–Crippen LogP) is 4.05. The number of rotatable bonds is 4. The molecule has 0 aromatic rings. The molecule has 0 aromatic carbocycles. The van der Waals surface area contributed by atoms with E-state index in [0.29, 0.717) is 12.5 Å². The topological polar surface area (TPSA) is 21.3 Å². The van der Waals surface area contributed by atoms with Crippen molar-refractivity contribution in [2.24, 2.45) is 5.92 Å². The minimum atomic E-state index is -4.05. The molecule has 1 saturated carbocycles. The first-order valence-corrected chi connectivity index (χ1v) is 7.82. The summed E-state index contributed by atoms with van der Waals surface area (Å²) in [5.41, 5.74) is -0.0332. The van der Waals surface area contributed by atoms with Crippen molar-refractivity contribution in [3.8, 4) is 0 Å². The zero-order valence-corrected chi connectivity index (χ0v) is 12.3. The Bertz CT molecular complexity index is 294. The van der Waals surface area contributed by atoms with E-state index in [0.717, 1.165) is 25.7 Å². The van der Waals surface area contributed by atoms with E-state index in [9.17, 15) is 13.2 Å². The van der Waals surface area contributed by atoms with Crippen LogP contribution in [-0.4, -0.2) is 31.5 Å². The van der Waals surface area contributed by atoms with Crippen molar-refractivity contribution in [1.82, 2.24) is 5.32 Å². The van der Waals surface area contributed by atoms with Crippen molar-refractivity contribution in [3.63, 3.8) is 0 Å². The molecule has 20 heavy (non-hydrogen) atoms. The van der Waals surface area contributed by atoms with E-state index in [2.05, 4.69) is 5.32 Å². The highest BCUT2D eigenvalue weighted by atomic mass is 19.4. The monoisotopic (exact) mass is 293 g/mol. The summed E-state index contributed by atoms with van der Waals surface area (Å²) in [4.78, 5) is 0. The fourth-order valence-corrected chi connectivity index (χ4v) is 3.89. The van der Waals surface area contributed by atoms with Crippen molar-refractivity contribution in [2.75, 3.05) is 13.7 Å². The Hall–Kier alpha value is -0.290. The Labute approximate surface area is 119 Å². The van der Waals surface area contributed by atoms with E-state index >= 15 is 0 Å². The Balaban J connectivity index is 1.92. The standard InChI is InChI=1S/C15H26F3NO/c1-19-13(5-9-15(16,17)18)12-6-10-20-14(11-12)7-3-2-4-8-14/h12-13,19H,2-11H2,1H3. The van der Waals surface area contributed by atoms with Crippen molar-refractivity contribution in [3.05, 3.63) is 0 Å². The minimum Gasteiger partial charge on any atom is -0.375 e. The molecular weight excluding hydrogens is 267 g/mol. The number of alkyl halides is 3. The minimum absolute atomic E-state index is 0.0332. The molecule has 1 spiro atoms. The van der Waals surface area contributed by atoms with Gasteiger partial charge in [0, 0.05) is 19.1 Å². The summed E-state index contributed by atoms with van der Waals surface area (Å²) in [7, 11) is 1.78. The second-order valence-electron chi connectivity index (χ2n) is 6.39. The molecule has 2 rings (SSSR count). The molecule has 1 aliphatic heterocycles. The van der Waals surface area contributed by atoms with E-state index in [1.54, 1.807) is 7.05 Å². The first-order chi connectivity index (χ1) is 9.44. The highest BCUT2D eigenvalue weighted by Crippen LogP contribution is 2.42. The number of nitrogens with one attached hydrogen (secondary N) is 1. The molecule has 2 fully saturated rings. The van der Waals surface area contributed by atoms with Gasteiger partial charge in [-0.15, -0.1) is 0 Å². The average molecular weight is 293 g/mol. The van der Waals surface area contributed by atoms with E-state index in [-0.39, 0.29) is 18.1 Å². The molecule has 0 amide bonds. The quantitative estimate of drug-likeness (QED) is 0.844. The Morgan fingerprint density at radius 1 is 1.25 bits per heavy atom. The fraction of sp³-hybridized carbons (Fsp3) is 1.00. The molecule has 2 atom stereocenters. The average Bonchev–Trinajstić information content (AvgIpc) is 2.39. The van der Waals surface area contributed by atoms with Crippen LogP contribution in [0, 0.1) is 5.92 Å². The maximum absolute atomic E-state index is 12.4. The summed E-state index contributed by atoms with van der Waals surface area (Å²) < 4.78 is 43.3. The Morgan fingerprint density at radius 2 is 1.95 bits per heavy atom. The lowest BCUT2D eigenvalue weighted by atomic mass is 9.73. The van der Waals surface area contributed by atoms with Crippen LogP contribution in [0.4, 0.5) is 13.2 Å². The molecule has 2 nitrogen and oxygen atoms in total. The van der Waals surface area contributed by atoms with E-state index < -0.39 is 12.6 Å². The van der Waals surface area contributed by atoms with E-state index in [1.165, 1.54) is 19.3 Å². The van der Waals surface area contributed by atoms with Crippen LogP contribution in [0.2, 0.25) is 0 Å². The predicted molar refractivity (Wildman–Crippen MR) is 72.6 cm³/mol. The van der Waals surface area contributed by atoms with Crippen LogP contribution in [-0.2, 0) is 4.74 Å². The van der Waals surface area contributed by atoms with Gasteiger partial charge in [0.15, 0.2) is 0 Å². The van der Waals surface area contributed by atoms with Crippen LogP contribution < -0.4 is 5.32 Å². The van der Waals surface area contributed by atoms with Gasteiger partial charge in [0.1, 0.15) is 0 Å². The van der Waals surface area contributed by atoms with Crippen molar-refractivity contribution in [2.45, 2.75) is 75.6 Å². The fourth-order valence-electron chi connectivity index (χ4n) is 3.89. The van der Waals surface area contributed by atoms with Crippen molar-refractivity contribution in [1.29, 1.82) is 0 Å². The molecule has 1 aliphatic carbocycles. The normalized spacial score (nSPS) is 28.5. The number of hydrogen-bond donors (Lipinski definition) is 1. The highest BCUT2D eigenvalue weighted by molar-refractivity contribution is 4.93. The number of halogens is 3. The van der Waals surface area contributed by atoms with Gasteiger partial charge in [-0.3, -0.25) is 0 Å². The molecule has 2 unspecified atom stereocenters. The summed E-state index contributed by atoms with van der Waals surface area (Å²) >= 11 is 0. The number of hydrogen-bond acceptors (Lipinski definition) is 2. The highest BCUT2D eigenvalue weighted by Gasteiger charge is 2.41. The van der Waals surface area contributed by atoms with Crippen molar-refractivity contribution < 1.29 is 17.9 Å². The lowest BCUT2D eigenvalue weighted by molar-refractivity contribution is -0.142. The van der Waals surface area contributed by atoms with Gasteiger partial charge in [0.05, 0.1) is 5.60 Å². The first-order valence-electron chi connectivity index (χ1n) is 7.82. The second kappa shape index (κ2) is 6.65. The Kier molecular flexibility index (Phi) is 5.35. The van der Waals surface area contributed by atoms with Gasteiger partial charge in [-0.1, -0.05) is 19.3 Å². The molecule has 118 valence electrons. The number of ether oxygens (including phenoxy) is 1.